The van der Waals surface area contributed by atoms with Crippen LogP contribution < -0.4 is 10.1 Å². The van der Waals surface area contributed by atoms with Crippen LogP contribution in [0.5, 0.6) is 5.75 Å². The van der Waals surface area contributed by atoms with E-state index in [1.807, 2.05) is 43.3 Å². The Morgan fingerprint density at radius 1 is 1.02 bits per heavy atom. The lowest BCUT2D eigenvalue weighted by Crippen LogP contribution is -2.42. The number of hydrogen-bond donors (Lipinski definition) is 2. The van der Waals surface area contributed by atoms with E-state index in [1.54, 1.807) is 7.11 Å². The van der Waals surface area contributed by atoms with E-state index >= 15 is 0 Å². The highest BCUT2D eigenvalue weighted by molar-refractivity contribution is 6.37. The number of hydrogen-bond acceptors (Lipinski definition) is 4. The topological polar surface area (TPSA) is 77.7 Å². The summed E-state index contributed by atoms with van der Waals surface area (Å²) in [6, 6.07) is 14.3. The number of carbonyl (C=O) groups excluding carboxylic acids is 2. The largest absolute Gasteiger partial charge is 0.496 e. The number of aryl methyl sites for hydroxylation is 1. The summed E-state index contributed by atoms with van der Waals surface area (Å²) in [4.78, 5) is 35.5. The molecule has 3 aliphatic heterocycles. The van der Waals surface area contributed by atoms with Gasteiger partial charge in [-0.05, 0) is 87.4 Å². The van der Waals surface area contributed by atoms with Crippen molar-refractivity contribution in [2.24, 2.45) is 0 Å². The number of anilines is 1. The maximum absolute atomic E-state index is 14.0. The van der Waals surface area contributed by atoms with E-state index < -0.39 is 0 Å². The lowest BCUT2D eigenvalue weighted by Gasteiger charge is -2.29. The van der Waals surface area contributed by atoms with Gasteiger partial charge in [0, 0.05) is 47.3 Å². The summed E-state index contributed by atoms with van der Waals surface area (Å²) >= 11 is 0. The van der Waals surface area contributed by atoms with Crippen molar-refractivity contribution >= 4 is 28.6 Å². The second-order valence-corrected chi connectivity index (χ2v) is 11.5. The molecule has 2 N–H and O–H groups in total. The lowest BCUT2D eigenvalue weighted by atomic mass is 9.96. The Balaban J connectivity index is 1.21. The van der Waals surface area contributed by atoms with Crippen LogP contribution in [0.3, 0.4) is 0 Å². The molecule has 3 aromatic rings. The van der Waals surface area contributed by atoms with Gasteiger partial charge in [0.2, 0.25) is 0 Å². The number of aromatic nitrogens is 1. The Morgan fingerprint density at radius 2 is 1.85 bits per heavy atom. The van der Waals surface area contributed by atoms with Gasteiger partial charge in [-0.25, -0.2) is 0 Å². The van der Waals surface area contributed by atoms with Gasteiger partial charge in [-0.1, -0.05) is 30.3 Å². The van der Waals surface area contributed by atoms with E-state index in [0.29, 0.717) is 11.6 Å². The number of nitrogens with one attached hydrogen (secondary N) is 2. The molecular weight excluding hydrogens is 500 g/mol. The van der Waals surface area contributed by atoms with Crippen molar-refractivity contribution in [3.05, 3.63) is 70.5 Å². The Bertz CT molecular complexity index is 1540. The van der Waals surface area contributed by atoms with Gasteiger partial charge < -0.3 is 24.8 Å². The van der Waals surface area contributed by atoms with Gasteiger partial charge >= 0.3 is 0 Å². The van der Waals surface area contributed by atoms with Crippen LogP contribution in [0.4, 0.5) is 5.69 Å². The van der Waals surface area contributed by atoms with E-state index in [2.05, 4.69) is 26.2 Å². The summed E-state index contributed by atoms with van der Waals surface area (Å²) in [5, 5.41) is 3.10. The van der Waals surface area contributed by atoms with Gasteiger partial charge in [-0.3, -0.25) is 9.59 Å². The lowest BCUT2D eigenvalue weighted by molar-refractivity contribution is -0.110. The Hall–Kier alpha value is -3.84. The Kier molecular flexibility index (Phi) is 6.27. The van der Waals surface area contributed by atoms with Crippen molar-refractivity contribution in [2.75, 3.05) is 38.6 Å². The van der Waals surface area contributed by atoms with Gasteiger partial charge in [0.25, 0.3) is 11.8 Å². The third-order valence-corrected chi connectivity index (χ3v) is 9.22. The molecule has 1 aromatic heterocycles. The first-order valence-corrected chi connectivity index (χ1v) is 14.6. The number of fused-ring (bicyclic) bond motifs is 2. The molecule has 0 unspecified atom stereocenters. The van der Waals surface area contributed by atoms with E-state index in [-0.39, 0.29) is 11.8 Å². The number of carbonyl (C=O) groups is 2. The van der Waals surface area contributed by atoms with Crippen LogP contribution in [0.1, 0.15) is 65.0 Å². The van der Waals surface area contributed by atoms with Crippen LogP contribution in [0.2, 0.25) is 0 Å². The molecule has 206 valence electrons. The minimum Gasteiger partial charge on any atom is -0.496 e. The molecule has 0 spiro atoms. The van der Waals surface area contributed by atoms with Gasteiger partial charge in [0.1, 0.15) is 5.75 Å². The molecule has 0 saturated carbocycles. The van der Waals surface area contributed by atoms with Gasteiger partial charge in [-0.15, -0.1) is 0 Å². The first-order valence-electron chi connectivity index (χ1n) is 14.6. The number of methoxy groups -OCH3 is 1. The van der Waals surface area contributed by atoms with Crippen molar-refractivity contribution in [1.82, 2.24) is 14.8 Å². The Morgan fingerprint density at radius 3 is 2.67 bits per heavy atom. The van der Waals surface area contributed by atoms with E-state index in [0.717, 1.165) is 108 Å². The molecular formula is C33H36N4O3. The number of ether oxygens (including phenoxy) is 1. The molecule has 2 saturated heterocycles. The van der Waals surface area contributed by atoms with Crippen LogP contribution in [0, 0.1) is 6.92 Å². The summed E-state index contributed by atoms with van der Waals surface area (Å²) in [7, 11) is 1.67. The molecule has 4 aliphatic rings. The monoisotopic (exact) mass is 536 g/mol. The fraction of sp³-hybridized carbons (Fsp3) is 0.394. The summed E-state index contributed by atoms with van der Waals surface area (Å²) in [6.45, 7) is 6.12. The average molecular weight is 537 g/mol. The number of amides is 2. The van der Waals surface area contributed by atoms with Crippen molar-refractivity contribution < 1.29 is 14.3 Å². The summed E-state index contributed by atoms with van der Waals surface area (Å²) in [5.41, 5.74) is 9.19. The molecule has 7 rings (SSSR count). The molecule has 4 heterocycles. The maximum atomic E-state index is 14.0. The van der Waals surface area contributed by atoms with Crippen LogP contribution in [0.15, 0.2) is 42.5 Å². The fourth-order valence-electron chi connectivity index (χ4n) is 7.32. The fourth-order valence-corrected chi connectivity index (χ4v) is 7.32. The number of para-hydroxylation sites is 1. The normalized spacial score (nSPS) is 22.1. The zero-order valence-electron chi connectivity index (χ0n) is 23.3. The van der Waals surface area contributed by atoms with E-state index in [4.69, 9.17) is 4.74 Å². The van der Waals surface area contributed by atoms with E-state index in [9.17, 15) is 9.59 Å². The van der Waals surface area contributed by atoms with Crippen LogP contribution in [-0.4, -0.2) is 65.9 Å². The third kappa shape index (κ3) is 4.06. The second-order valence-electron chi connectivity index (χ2n) is 11.5. The number of likely N-dealkylation sites (tertiary alicyclic amines) is 2. The quantitative estimate of drug-likeness (QED) is 0.422. The number of nitrogens with zero attached hydrogens (tertiary/aromatic N) is 2. The van der Waals surface area contributed by atoms with Crippen molar-refractivity contribution in [1.29, 1.82) is 0 Å². The number of rotatable bonds is 5. The van der Waals surface area contributed by atoms with E-state index in [1.165, 1.54) is 12.8 Å². The smallest absolute Gasteiger partial charge is 0.256 e. The number of benzene rings is 2. The van der Waals surface area contributed by atoms with Crippen molar-refractivity contribution in [3.63, 3.8) is 0 Å². The Labute approximate surface area is 235 Å². The molecule has 2 fully saturated rings. The number of aromatic amines is 1. The molecule has 40 heavy (non-hydrogen) atoms. The minimum absolute atomic E-state index is 0.0830. The van der Waals surface area contributed by atoms with Crippen molar-refractivity contribution in [2.45, 2.75) is 51.5 Å². The second kappa shape index (κ2) is 9.97. The molecule has 7 heteroatoms. The predicted molar refractivity (Wildman–Crippen MR) is 157 cm³/mol. The van der Waals surface area contributed by atoms with Crippen LogP contribution in [-0.2, 0) is 11.2 Å². The van der Waals surface area contributed by atoms with Crippen molar-refractivity contribution in [3.8, 4) is 16.9 Å². The minimum atomic E-state index is -0.0830. The highest BCUT2D eigenvalue weighted by Gasteiger charge is 2.38. The van der Waals surface area contributed by atoms with Gasteiger partial charge in [0.05, 0.1) is 18.2 Å². The maximum Gasteiger partial charge on any atom is 0.256 e. The standard InChI is InChI=1S/C33H36N4O3/c1-20-29(33(39)37-17-7-8-22(37)19-36-15-5-6-16-36)25-13-14-26(31(25)34-20)30-24-12-11-21(18-27(24)35-32(30)38)23-9-3-4-10-28(23)40-2/h3-4,9-12,18,22,34H,5-8,13-17,19H2,1-2H3,(H,35,38)/b30-26-/t22-/m0/s1. The molecule has 1 atom stereocenters. The zero-order valence-corrected chi connectivity index (χ0v) is 23.3. The number of allylic oxidation sites excluding steroid dienone is 1. The summed E-state index contributed by atoms with van der Waals surface area (Å²) < 4.78 is 5.56. The molecule has 0 radical (unpaired) electrons. The molecule has 7 nitrogen and oxygen atoms in total. The first kappa shape index (κ1) is 25.1. The summed E-state index contributed by atoms with van der Waals surface area (Å²) in [5.74, 6) is 0.867. The molecule has 0 bridgehead atoms. The average Bonchev–Trinajstić information content (AvgIpc) is 3.78. The third-order valence-electron chi connectivity index (χ3n) is 9.22. The zero-order chi connectivity index (χ0) is 27.4. The predicted octanol–water partition coefficient (Wildman–Crippen LogP) is 5.51. The molecule has 2 aromatic carbocycles. The molecule has 2 amide bonds. The van der Waals surface area contributed by atoms with Gasteiger partial charge in [-0.2, -0.15) is 0 Å². The van der Waals surface area contributed by atoms with Gasteiger partial charge in [0.15, 0.2) is 0 Å². The first-order chi connectivity index (χ1) is 19.5. The highest BCUT2D eigenvalue weighted by atomic mass is 16.5. The number of H-pyrrole nitrogens is 1. The van der Waals surface area contributed by atoms with Crippen LogP contribution >= 0.6 is 0 Å². The molecule has 1 aliphatic carbocycles. The van der Waals surface area contributed by atoms with Crippen LogP contribution in [0.25, 0.3) is 22.3 Å². The summed E-state index contributed by atoms with van der Waals surface area (Å²) in [6.07, 6.45) is 6.19. The highest BCUT2D eigenvalue weighted by Crippen LogP contribution is 2.46. The SMILES string of the molecule is COc1ccccc1-c1ccc2c(c1)NC(=O)/C2=C1/CCc2c1[nH]c(C)c2C(=O)N1CCC[C@H]1CN1CCCC1.